The van der Waals surface area contributed by atoms with E-state index in [-0.39, 0.29) is 5.82 Å². The van der Waals surface area contributed by atoms with E-state index in [1.165, 1.54) is 75.3 Å². The third-order valence-corrected chi connectivity index (χ3v) is 5.61. The Bertz CT molecular complexity index is 655. The van der Waals surface area contributed by atoms with Crippen LogP contribution in [0.15, 0.2) is 24.4 Å². The topological polar surface area (TPSA) is 17.0 Å². The molecule has 2 aromatic rings. The minimum absolute atomic E-state index is 0.132. The Labute approximate surface area is 151 Å². The smallest absolute Gasteiger partial charge is 0.123 e. The Kier molecular flexibility index (Phi) is 6.92. The number of aromatic nitrogens is 1. The van der Waals surface area contributed by atoms with Gasteiger partial charge in [0.15, 0.2) is 0 Å². The maximum atomic E-state index is 13.8. The summed E-state index contributed by atoms with van der Waals surface area (Å²) < 4.78 is 16.1. The molecule has 1 heterocycles. The summed E-state index contributed by atoms with van der Waals surface area (Å²) in [4.78, 5) is 0. The first-order valence-corrected chi connectivity index (χ1v) is 10.3. The van der Waals surface area contributed by atoms with Crippen molar-refractivity contribution in [2.24, 2.45) is 0 Å². The molecule has 0 radical (unpaired) electrons. The maximum Gasteiger partial charge on any atom is 0.123 e. The van der Waals surface area contributed by atoms with Gasteiger partial charge in [0.25, 0.3) is 0 Å². The number of aryl methyl sites for hydroxylation is 1. The third kappa shape index (κ3) is 5.07. The van der Waals surface area contributed by atoms with Gasteiger partial charge in [-0.2, -0.15) is 0 Å². The van der Waals surface area contributed by atoms with Crippen molar-refractivity contribution < 1.29 is 4.39 Å². The van der Waals surface area contributed by atoms with Gasteiger partial charge in [-0.25, -0.2) is 4.39 Å². The average molecular weight is 345 g/mol. The van der Waals surface area contributed by atoms with Crippen LogP contribution in [0.3, 0.4) is 0 Å². The molecule has 3 rings (SSSR count). The Hall–Kier alpha value is -1.35. The van der Waals surface area contributed by atoms with Crippen LogP contribution in [-0.2, 0) is 13.1 Å². The van der Waals surface area contributed by atoms with Crippen molar-refractivity contribution in [3.63, 3.8) is 0 Å². The highest BCUT2D eigenvalue weighted by atomic mass is 19.1. The lowest BCUT2D eigenvalue weighted by Crippen LogP contribution is -2.25. The summed E-state index contributed by atoms with van der Waals surface area (Å²) in [5.74, 6) is -0.132. The van der Waals surface area contributed by atoms with Crippen molar-refractivity contribution in [1.82, 2.24) is 9.88 Å². The lowest BCUT2D eigenvalue weighted by molar-refractivity contribution is 0.523. The zero-order valence-corrected chi connectivity index (χ0v) is 15.7. The van der Waals surface area contributed by atoms with E-state index in [1.807, 2.05) is 6.07 Å². The lowest BCUT2D eigenvalue weighted by atomic mass is 10.1. The van der Waals surface area contributed by atoms with E-state index >= 15 is 0 Å². The molecule has 1 N–H and O–H groups in total. The second-order valence-electron chi connectivity index (χ2n) is 7.64. The van der Waals surface area contributed by atoms with Gasteiger partial charge in [-0.1, -0.05) is 51.9 Å². The average Bonchev–Trinajstić information content (AvgIpc) is 3.24. The first-order chi connectivity index (χ1) is 12.3. The van der Waals surface area contributed by atoms with Gasteiger partial charge in [-0.15, -0.1) is 0 Å². The monoisotopic (exact) mass is 344 g/mol. The molecule has 1 aromatic heterocycles. The molecule has 0 amide bonds. The van der Waals surface area contributed by atoms with Crippen molar-refractivity contribution in [3.8, 4) is 0 Å². The number of fused-ring (bicyclic) bond motifs is 1. The van der Waals surface area contributed by atoms with Gasteiger partial charge in [-0.3, -0.25) is 0 Å². The Morgan fingerprint density at radius 3 is 2.64 bits per heavy atom. The molecule has 2 nitrogen and oxygen atoms in total. The van der Waals surface area contributed by atoms with E-state index in [2.05, 4.69) is 23.0 Å². The van der Waals surface area contributed by atoms with Crippen LogP contribution >= 0.6 is 0 Å². The number of benzene rings is 1. The van der Waals surface area contributed by atoms with Gasteiger partial charge in [0.05, 0.1) is 0 Å². The molecule has 0 bridgehead atoms. The summed E-state index contributed by atoms with van der Waals surface area (Å²) >= 11 is 0. The quantitative estimate of drug-likeness (QED) is 0.510. The SMILES string of the molecule is CCCCCCCCn1cc(CNC2CCCC2)c2cc(F)ccc21. The van der Waals surface area contributed by atoms with Gasteiger partial charge in [0.1, 0.15) is 5.82 Å². The predicted octanol–water partition coefficient (Wildman–Crippen LogP) is 6.17. The van der Waals surface area contributed by atoms with Gasteiger partial charge in [0, 0.05) is 36.2 Å². The molecule has 1 fully saturated rings. The fraction of sp³-hybridized carbons (Fsp3) is 0.636. The molecule has 3 heteroatoms. The highest BCUT2D eigenvalue weighted by Crippen LogP contribution is 2.25. The zero-order valence-electron chi connectivity index (χ0n) is 15.7. The maximum absolute atomic E-state index is 13.8. The molecule has 0 spiro atoms. The highest BCUT2D eigenvalue weighted by Gasteiger charge is 2.16. The minimum atomic E-state index is -0.132. The van der Waals surface area contributed by atoms with Crippen molar-refractivity contribution in [2.75, 3.05) is 0 Å². The largest absolute Gasteiger partial charge is 0.347 e. The van der Waals surface area contributed by atoms with Crippen LogP contribution in [0.4, 0.5) is 4.39 Å². The van der Waals surface area contributed by atoms with E-state index in [0.29, 0.717) is 6.04 Å². The Balaban J connectivity index is 1.63. The molecule has 0 atom stereocenters. The van der Waals surface area contributed by atoms with E-state index in [1.54, 1.807) is 12.1 Å². The van der Waals surface area contributed by atoms with E-state index in [9.17, 15) is 4.39 Å². The first-order valence-electron chi connectivity index (χ1n) is 10.3. The van der Waals surface area contributed by atoms with E-state index < -0.39 is 0 Å². The summed E-state index contributed by atoms with van der Waals surface area (Å²) in [6.07, 6.45) is 15.3. The zero-order chi connectivity index (χ0) is 17.5. The van der Waals surface area contributed by atoms with Crippen LogP contribution in [0.2, 0.25) is 0 Å². The van der Waals surface area contributed by atoms with Crippen molar-refractivity contribution >= 4 is 10.9 Å². The van der Waals surface area contributed by atoms with Crippen LogP contribution < -0.4 is 5.32 Å². The molecule has 1 saturated carbocycles. The second-order valence-corrected chi connectivity index (χ2v) is 7.64. The number of halogens is 1. The molecule has 25 heavy (non-hydrogen) atoms. The third-order valence-electron chi connectivity index (χ3n) is 5.61. The summed E-state index contributed by atoms with van der Waals surface area (Å²) in [7, 11) is 0. The summed E-state index contributed by atoms with van der Waals surface area (Å²) in [6, 6.07) is 5.89. The van der Waals surface area contributed by atoms with Crippen molar-refractivity contribution in [3.05, 3.63) is 35.8 Å². The number of hydrogen-bond acceptors (Lipinski definition) is 1. The second kappa shape index (κ2) is 9.38. The van der Waals surface area contributed by atoms with Crippen molar-refractivity contribution in [2.45, 2.75) is 90.3 Å². The normalized spacial score (nSPS) is 15.4. The van der Waals surface area contributed by atoms with Gasteiger partial charge >= 0.3 is 0 Å². The van der Waals surface area contributed by atoms with Gasteiger partial charge in [-0.05, 0) is 43.0 Å². The van der Waals surface area contributed by atoms with Crippen LogP contribution in [0.25, 0.3) is 10.9 Å². The fourth-order valence-corrected chi connectivity index (χ4v) is 4.12. The Morgan fingerprint density at radius 2 is 1.84 bits per heavy atom. The van der Waals surface area contributed by atoms with Crippen molar-refractivity contribution in [1.29, 1.82) is 0 Å². The van der Waals surface area contributed by atoms with E-state index in [4.69, 9.17) is 0 Å². The van der Waals surface area contributed by atoms with Gasteiger partial charge in [0.2, 0.25) is 0 Å². The molecular formula is C22H33FN2. The number of unbranched alkanes of at least 4 members (excludes halogenated alkanes) is 5. The number of hydrogen-bond donors (Lipinski definition) is 1. The first kappa shape index (κ1) is 18.4. The van der Waals surface area contributed by atoms with Crippen LogP contribution in [-0.4, -0.2) is 10.6 Å². The number of nitrogens with zero attached hydrogens (tertiary/aromatic N) is 1. The molecule has 0 aliphatic heterocycles. The molecule has 0 saturated heterocycles. The molecule has 1 aliphatic carbocycles. The standard InChI is InChI=1S/C22H33FN2/c1-2-3-4-5-6-9-14-25-17-18(16-24-20-10-7-8-11-20)21-15-19(23)12-13-22(21)25/h12-13,15,17,20,24H,2-11,14,16H2,1H3. The number of rotatable bonds is 10. The van der Waals surface area contributed by atoms with Crippen LogP contribution in [0, 0.1) is 5.82 Å². The molecule has 1 aromatic carbocycles. The van der Waals surface area contributed by atoms with Crippen LogP contribution in [0.5, 0.6) is 0 Å². The number of nitrogens with one attached hydrogen (secondary N) is 1. The highest BCUT2D eigenvalue weighted by molar-refractivity contribution is 5.84. The van der Waals surface area contributed by atoms with Crippen LogP contribution in [0.1, 0.15) is 76.7 Å². The fourth-order valence-electron chi connectivity index (χ4n) is 4.12. The molecule has 0 unspecified atom stereocenters. The minimum Gasteiger partial charge on any atom is -0.347 e. The summed E-state index contributed by atoms with van der Waals surface area (Å²) in [5.41, 5.74) is 2.42. The Morgan fingerprint density at radius 1 is 1.08 bits per heavy atom. The summed E-state index contributed by atoms with van der Waals surface area (Å²) in [6.45, 7) is 4.15. The molecule has 138 valence electrons. The van der Waals surface area contributed by atoms with Gasteiger partial charge < -0.3 is 9.88 Å². The molecule has 1 aliphatic rings. The predicted molar refractivity (Wildman–Crippen MR) is 104 cm³/mol. The molecular weight excluding hydrogens is 311 g/mol. The lowest BCUT2D eigenvalue weighted by Gasteiger charge is -2.10. The summed E-state index contributed by atoms with van der Waals surface area (Å²) in [5, 5.41) is 4.76. The van der Waals surface area contributed by atoms with E-state index in [0.717, 1.165) is 18.5 Å².